The Kier molecular flexibility index (Phi) is 2.90. The summed E-state index contributed by atoms with van der Waals surface area (Å²) in [6.45, 7) is 2.05. The number of amides is 1. The number of ether oxygens (including phenoxy) is 1. The van der Waals surface area contributed by atoms with E-state index >= 15 is 0 Å². The molecule has 0 radical (unpaired) electrons. The molecule has 80 valence electrons. The predicted octanol–water partition coefficient (Wildman–Crippen LogP) is 1.68. The molecule has 2 unspecified atom stereocenters. The van der Waals surface area contributed by atoms with Gasteiger partial charge < -0.3 is 10.1 Å². The van der Waals surface area contributed by atoms with Crippen LogP contribution in [0.3, 0.4) is 0 Å². The number of carbonyl (C=O) groups excluding carboxylic acids is 1. The van der Waals surface area contributed by atoms with Gasteiger partial charge in [-0.3, -0.25) is 4.79 Å². The summed E-state index contributed by atoms with van der Waals surface area (Å²) >= 11 is 0. The molecule has 0 aromatic heterocycles. The molecule has 0 fully saturated rings. The van der Waals surface area contributed by atoms with Crippen molar-refractivity contribution in [2.24, 2.45) is 0 Å². The monoisotopic (exact) mass is 205 g/mol. The minimum atomic E-state index is -0.328. The summed E-state index contributed by atoms with van der Waals surface area (Å²) in [5.74, 6) is -0.0254. The molecule has 0 aromatic carbocycles. The van der Waals surface area contributed by atoms with Crippen LogP contribution in [0, 0.1) is 0 Å². The van der Waals surface area contributed by atoms with Gasteiger partial charge in [-0.25, -0.2) is 0 Å². The van der Waals surface area contributed by atoms with Crippen molar-refractivity contribution in [1.29, 1.82) is 0 Å². The minimum absolute atomic E-state index is 0.0254. The molecule has 0 spiro atoms. The quantitative estimate of drug-likeness (QED) is 0.744. The lowest BCUT2D eigenvalue weighted by Crippen LogP contribution is -2.40. The summed E-state index contributed by atoms with van der Waals surface area (Å²) in [7, 11) is 0. The Balaban J connectivity index is 1.82. The average molecular weight is 205 g/mol. The Labute approximate surface area is 89.5 Å². The highest BCUT2D eigenvalue weighted by molar-refractivity contribution is 5.81. The number of carbonyl (C=O) groups is 1. The van der Waals surface area contributed by atoms with Gasteiger partial charge in [0.25, 0.3) is 5.91 Å². The van der Waals surface area contributed by atoms with Gasteiger partial charge in [0.1, 0.15) is 0 Å². The molecule has 1 aliphatic heterocycles. The van der Waals surface area contributed by atoms with E-state index in [1.807, 2.05) is 18.2 Å². The van der Waals surface area contributed by atoms with Crippen LogP contribution in [-0.4, -0.2) is 18.1 Å². The van der Waals surface area contributed by atoms with Crippen molar-refractivity contribution in [3.05, 3.63) is 36.1 Å². The summed E-state index contributed by atoms with van der Waals surface area (Å²) in [6.07, 6.45) is 10.9. The molecule has 1 amide bonds. The van der Waals surface area contributed by atoms with Crippen LogP contribution in [-0.2, 0) is 9.53 Å². The molecule has 2 atom stereocenters. The maximum atomic E-state index is 11.7. The fraction of sp³-hybridized carbons (Fsp3) is 0.417. The van der Waals surface area contributed by atoms with Crippen molar-refractivity contribution >= 4 is 5.91 Å². The van der Waals surface area contributed by atoms with Crippen LogP contribution in [0.15, 0.2) is 36.1 Å². The molecule has 0 saturated carbocycles. The van der Waals surface area contributed by atoms with E-state index in [1.165, 1.54) is 5.57 Å². The van der Waals surface area contributed by atoms with Crippen molar-refractivity contribution in [3.63, 3.8) is 0 Å². The summed E-state index contributed by atoms with van der Waals surface area (Å²) in [6, 6.07) is 0.116. The third-order valence-corrected chi connectivity index (χ3v) is 2.59. The number of hydrogen-bond donors (Lipinski definition) is 1. The van der Waals surface area contributed by atoms with E-state index in [4.69, 9.17) is 4.74 Å². The van der Waals surface area contributed by atoms with Crippen molar-refractivity contribution in [2.45, 2.75) is 31.9 Å². The Bertz CT molecular complexity index is 334. The summed E-state index contributed by atoms with van der Waals surface area (Å²) in [5.41, 5.74) is 1.25. The Morgan fingerprint density at radius 2 is 2.40 bits per heavy atom. The number of rotatable bonds is 2. The van der Waals surface area contributed by atoms with E-state index in [2.05, 4.69) is 18.3 Å². The largest absolute Gasteiger partial charge is 0.488 e. The third-order valence-electron chi connectivity index (χ3n) is 2.59. The van der Waals surface area contributed by atoms with E-state index in [1.54, 1.807) is 6.26 Å². The molecule has 2 rings (SSSR count). The standard InChI is InChI=1S/C12H15NO2/c1-9-4-6-10(7-5-9)13-12(14)11-3-2-8-15-11/h2,4-6,8,10-11H,3,7H2,1H3,(H,13,14). The third kappa shape index (κ3) is 2.49. The second-order valence-corrected chi connectivity index (χ2v) is 3.89. The zero-order chi connectivity index (χ0) is 10.7. The maximum Gasteiger partial charge on any atom is 0.261 e. The first-order valence-corrected chi connectivity index (χ1v) is 5.21. The molecule has 1 aliphatic carbocycles. The fourth-order valence-electron chi connectivity index (χ4n) is 1.66. The van der Waals surface area contributed by atoms with Crippen LogP contribution in [0.5, 0.6) is 0 Å². The molecule has 1 heterocycles. The zero-order valence-corrected chi connectivity index (χ0v) is 8.77. The summed E-state index contributed by atoms with van der Waals surface area (Å²) in [5, 5.41) is 2.95. The molecular weight excluding hydrogens is 190 g/mol. The number of allylic oxidation sites excluding steroid dienone is 2. The van der Waals surface area contributed by atoms with Gasteiger partial charge in [0.2, 0.25) is 0 Å². The molecule has 0 aromatic rings. The van der Waals surface area contributed by atoms with Crippen molar-refractivity contribution in [2.75, 3.05) is 0 Å². The summed E-state index contributed by atoms with van der Waals surface area (Å²) < 4.78 is 5.15. The van der Waals surface area contributed by atoms with Crippen LogP contribution in [0.1, 0.15) is 19.8 Å². The first-order valence-electron chi connectivity index (χ1n) is 5.21. The van der Waals surface area contributed by atoms with Gasteiger partial charge in [0.05, 0.1) is 12.3 Å². The van der Waals surface area contributed by atoms with Gasteiger partial charge in [-0.2, -0.15) is 0 Å². The van der Waals surface area contributed by atoms with E-state index in [-0.39, 0.29) is 18.1 Å². The van der Waals surface area contributed by atoms with Crippen LogP contribution < -0.4 is 5.32 Å². The number of nitrogens with one attached hydrogen (secondary N) is 1. The molecule has 3 nitrogen and oxygen atoms in total. The highest BCUT2D eigenvalue weighted by Gasteiger charge is 2.22. The van der Waals surface area contributed by atoms with Gasteiger partial charge in [-0.05, 0) is 19.4 Å². The normalized spacial score (nSPS) is 28.5. The lowest BCUT2D eigenvalue weighted by molar-refractivity contribution is -0.129. The zero-order valence-electron chi connectivity index (χ0n) is 8.77. The van der Waals surface area contributed by atoms with Gasteiger partial charge in [-0.15, -0.1) is 0 Å². The second kappa shape index (κ2) is 4.34. The Morgan fingerprint density at radius 1 is 1.53 bits per heavy atom. The Morgan fingerprint density at radius 3 is 3.00 bits per heavy atom. The molecule has 3 heteroatoms. The topological polar surface area (TPSA) is 38.3 Å². The fourth-order valence-corrected chi connectivity index (χ4v) is 1.66. The SMILES string of the molecule is CC1=CCC(NC(=O)C2CC=CO2)C=C1. The van der Waals surface area contributed by atoms with Crippen molar-refractivity contribution in [3.8, 4) is 0 Å². The van der Waals surface area contributed by atoms with Crippen LogP contribution in [0.4, 0.5) is 0 Å². The highest BCUT2D eigenvalue weighted by atomic mass is 16.5. The molecule has 2 aliphatic rings. The first-order chi connectivity index (χ1) is 7.25. The van der Waals surface area contributed by atoms with Gasteiger partial charge in [0, 0.05) is 6.42 Å². The second-order valence-electron chi connectivity index (χ2n) is 3.89. The van der Waals surface area contributed by atoms with Crippen LogP contribution in [0.25, 0.3) is 0 Å². The van der Waals surface area contributed by atoms with Crippen molar-refractivity contribution in [1.82, 2.24) is 5.32 Å². The number of hydrogen-bond acceptors (Lipinski definition) is 2. The summed E-state index contributed by atoms with van der Waals surface area (Å²) in [4.78, 5) is 11.7. The van der Waals surface area contributed by atoms with E-state index in [9.17, 15) is 4.79 Å². The average Bonchev–Trinajstić information content (AvgIpc) is 2.74. The predicted molar refractivity (Wildman–Crippen MR) is 58.1 cm³/mol. The first kappa shape index (κ1) is 10.0. The smallest absolute Gasteiger partial charge is 0.261 e. The van der Waals surface area contributed by atoms with Gasteiger partial charge >= 0.3 is 0 Å². The molecule has 0 bridgehead atoms. The Hall–Kier alpha value is -1.51. The van der Waals surface area contributed by atoms with Crippen LogP contribution in [0.2, 0.25) is 0 Å². The lowest BCUT2D eigenvalue weighted by atomic mass is 10.0. The van der Waals surface area contributed by atoms with E-state index < -0.39 is 0 Å². The van der Waals surface area contributed by atoms with Gasteiger partial charge in [0.15, 0.2) is 6.10 Å². The van der Waals surface area contributed by atoms with Crippen molar-refractivity contribution < 1.29 is 9.53 Å². The van der Waals surface area contributed by atoms with E-state index in [0.717, 1.165) is 6.42 Å². The molecule has 1 N–H and O–H groups in total. The molecule has 15 heavy (non-hydrogen) atoms. The highest BCUT2D eigenvalue weighted by Crippen LogP contribution is 2.12. The van der Waals surface area contributed by atoms with E-state index in [0.29, 0.717) is 6.42 Å². The maximum absolute atomic E-state index is 11.7. The molecule has 0 saturated heterocycles. The minimum Gasteiger partial charge on any atom is -0.488 e. The van der Waals surface area contributed by atoms with Gasteiger partial charge in [-0.1, -0.05) is 23.8 Å². The van der Waals surface area contributed by atoms with Crippen LogP contribution >= 0.6 is 0 Å². The molecular formula is C12H15NO2. The lowest BCUT2D eigenvalue weighted by Gasteiger charge is -2.19.